The third kappa shape index (κ3) is 2.78. The van der Waals surface area contributed by atoms with Crippen LogP contribution < -0.4 is 11.0 Å². The van der Waals surface area contributed by atoms with Gasteiger partial charge in [0, 0.05) is 9.75 Å². The Labute approximate surface area is 169 Å². The van der Waals surface area contributed by atoms with E-state index in [1.165, 1.54) is 50.4 Å². The number of fused-ring (bicyclic) bond motifs is 4. The topological polar surface area (TPSA) is 64.0 Å². The minimum Gasteiger partial charge on any atom is -0.267 e. The van der Waals surface area contributed by atoms with E-state index in [-0.39, 0.29) is 11.5 Å². The van der Waals surface area contributed by atoms with Crippen LogP contribution in [0.1, 0.15) is 32.6 Å². The van der Waals surface area contributed by atoms with Crippen LogP contribution in [0, 0.1) is 0 Å². The van der Waals surface area contributed by atoms with Gasteiger partial charge in [0.15, 0.2) is 0 Å². The molecule has 4 aromatic rings. The fraction of sp³-hybridized carbons (Fsp3) is 0.190. The first kappa shape index (κ1) is 17.3. The molecule has 0 unspecified atom stereocenters. The molecule has 1 aliphatic carbocycles. The maximum atomic E-state index is 12.8. The molecule has 0 bridgehead atoms. The Morgan fingerprint density at radius 1 is 1.18 bits per heavy atom. The Kier molecular flexibility index (Phi) is 4.14. The summed E-state index contributed by atoms with van der Waals surface area (Å²) in [6.07, 6.45) is 4.16. The number of hydrogen-bond donors (Lipinski definition) is 1. The van der Waals surface area contributed by atoms with Crippen LogP contribution in [0.4, 0.5) is 0 Å². The molecule has 0 spiro atoms. The van der Waals surface area contributed by atoms with Crippen molar-refractivity contribution >= 4 is 38.8 Å². The number of hydrogen-bond acceptors (Lipinski definition) is 5. The highest BCUT2D eigenvalue weighted by Crippen LogP contribution is 2.39. The van der Waals surface area contributed by atoms with Crippen molar-refractivity contribution in [1.29, 1.82) is 0 Å². The van der Waals surface area contributed by atoms with Gasteiger partial charge in [0.1, 0.15) is 11.2 Å². The Morgan fingerprint density at radius 2 is 2.00 bits per heavy atom. The summed E-state index contributed by atoms with van der Waals surface area (Å²) >= 11 is 2.99. The van der Waals surface area contributed by atoms with E-state index in [0.717, 1.165) is 29.0 Å². The van der Waals surface area contributed by atoms with Gasteiger partial charge in [-0.3, -0.25) is 15.0 Å². The smallest absolute Gasteiger partial charge is 0.267 e. The molecule has 0 saturated carbocycles. The minimum absolute atomic E-state index is 0.249. The monoisotopic (exact) mass is 407 g/mol. The summed E-state index contributed by atoms with van der Waals surface area (Å²) in [5.41, 5.74) is 6.17. The molecule has 0 saturated heterocycles. The Balaban J connectivity index is 1.47. The van der Waals surface area contributed by atoms with Crippen molar-refractivity contribution in [3.05, 3.63) is 74.0 Å². The van der Waals surface area contributed by atoms with Gasteiger partial charge in [-0.1, -0.05) is 31.2 Å². The highest BCUT2D eigenvalue weighted by molar-refractivity contribution is 7.18. The summed E-state index contributed by atoms with van der Waals surface area (Å²) < 4.78 is 1.18. The van der Waals surface area contributed by atoms with Crippen LogP contribution in [-0.4, -0.2) is 15.6 Å². The second-order valence-corrected chi connectivity index (χ2v) is 8.94. The number of benzene rings is 1. The molecule has 0 atom stereocenters. The molecule has 1 amide bonds. The predicted molar refractivity (Wildman–Crippen MR) is 114 cm³/mol. The number of amides is 1. The number of thiophene rings is 2. The molecule has 1 N–H and O–H groups in total. The van der Waals surface area contributed by atoms with Gasteiger partial charge in [0.2, 0.25) is 0 Å². The summed E-state index contributed by atoms with van der Waals surface area (Å²) in [4.78, 5) is 33.4. The molecule has 1 aromatic carbocycles. The minimum atomic E-state index is -0.286. The van der Waals surface area contributed by atoms with Crippen molar-refractivity contribution in [3.63, 3.8) is 0 Å². The number of nitrogens with one attached hydrogen (secondary N) is 1. The van der Waals surface area contributed by atoms with E-state index in [1.807, 2.05) is 25.1 Å². The van der Waals surface area contributed by atoms with Crippen LogP contribution in [0.25, 0.3) is 20.7 Å². The molecule has 28 heavy (non-hydrogen) atoms. The number of aryl methyl sites for hydroxylation is 3. The van der Waals surface area contributed by atoms with Crippen LogP contribution >= 0.6 is 22.7 Å². The number of aromatic nitrogens is 2. The predicted octanol–water partition coefficient (Wildman–Crippen LogP) is 4.23. The van der Waals surface area contributed by atoms with Gasteiger partial charge in [0.05, 0.1) is 10.3 Å². The van der Waals surface area contributed by atoms with Crippen LogP contribution in [-0.2, 0) is 19.3 Å². The normalized spacial score (nSPS) is 12.6. The van der Waals surface area contributed by atoms with Crippen LogP contribution in [0.15, 0.2) is 47.5 Å². The van der Waals surface area contributed by atoms with Gasteiger partial charge in [-0.2, -0.15) is 0 Å². The Hall–Kier alpha value is -2.77. The second kappa shape index (κ2) is 6.68. The highest BCUT2D eigenvalue weighted by Gasteiger charge is 2.21. The zero-order valence-electron chi connectivity index (χ0n) is 15.2. The van der Waals surface area contributed by atoms with E-state index in [4.69, 9.17) is 0 Å². The third-order valence-corrected chi connectivity index (χ3v) is 7.43. The summed E-state index contributed by atoms with van der Waals surface area (Å²) in [5, 5.41) is 0.545. The molecular formula is C21H17N3O2S2. The van der Waals surface area contributed by atoms with E-state index in [0.29, 0.717) is 15.1 Å². The first-order valence-corrected chi connectivity index (χ1v) is 10.8. The average Bonchev–Trinajstić information content (AvgIpc) is 3.34. The van der Waals surface area contributed by atoms with Gasteiger partial charge in [0.25, 0.3) is 11.5 Å². The molecule has 0 radical (unpaired) electrons. The lowest BCUT2D eigenvalue weighted by molar-refractivity contribution is 0.101. The lowest BCUT2D eigenvalue weighted by Crippen LogP contribution is -2.32. The molecule has 5 rings (SSSR count). The molecule has 7 heteroatoms. The molecular weight excluding hydrogens is 390 g/mol. The number of carbonyl (C=O) groups excluding carboxylic acids is 1. The van der Waals surface area contributed by atoms with E-state index in [2.05, 4.69) is 28.6 Å². The highest BCUT2D eigenvalue weighted by atomic mass is 32.1. The molecule has 1 aliphatic rings. The molecule has 5 nitrogen and oxygen atoms in total. The van der Waals surface area contributed by atoms with Gasteiger partial charge in [-0.05, 0) is 48.1 Å². The van der Waals surface area contributed by atoms with Crippen LogP contribution in [0.3, 0.4) is 0 Å². The van der Waals surface area contributed by atoms with Crippen molar-refractivity contribution in [2.24, 2.45) is 0 Å². The van der Waals surface area contributed by atoms with Gasteiger partial charge >= 0.3 is 0 Å². The van der Waals surface area contributed by atoms with E-state index in [1.54, 1.807) is 0 Å². The van der Waals surface area contributed by atoms with Gasteiger partial charge in [-0.15, -0.1) is 22.7 Å². The third-order valence-electron chi connectivity index (χ3n) is 5.03. The largest absolute Gasteiger partial charge is 0.280 e. The van der Waals surface area contributed by atoms with Crippen molar-refractivity contribution in [2.75, 3.05) is 5.43 Å². The van der Waals surface area contributed by atoms with Crippen molar-refractivity contribution in [3.8, 4) is 10.4 Å². The van der Waals surface area contributed by atoms with Crippen molar-refractivity contribution < 1.29 is 4.79 Å². The van der Waals surface area contributed by atoms with Crippen molar-refractivity contribution in [1.82, 2.24) is 9.66 Å². The summed E-state index contributed by atoms with van der Waals surface area (Å²) in [6, 6.07) is 12.1. The first-order valence-electron chi connectivity index (χ1n) is 9.16. The fourth-order valence-electron chi connectivity index (χ4n) is 3.57. The maximum absolute atomic E-state index is 12.8. The van der Waals surface area contributed by atoms with Gasteiger partial charge < -0.3 is 0 Å². The quantitative estimate of drug-likeness (QED) is 0.553. The lowest BCUT2D eigenvalue weighted by atomic mass is 9.91. The second-order valence-electron chi connectivity index (χ2n) is 6.77. The summed E-state index contributed by atoms with van der Waals surface area (Å²) in [5.74, 6) is -0.286. The average molecular weight is 408 g/mol. The molecule has 0 aliphatic heterocycles. The zero-order chi connectivity index (χ0) is 19.3. The molecule has 3 heterocycles. The van der Waals surface area contributed by atoms with E-state index >= 15 is 0 Å². The fourth-order valence-corrected chi connectivity index (χ4v) is 5.66. The Morgan fingerprint density at radius 3 is 2.86 bits per heavy atom. The number of nitrogens with zero attached hydrogens (tertiary/aromatic N) is 2. The molecule has 140 valence electrons. The lowest BCUT2D eigenvalue weighted by Gasteiger charge is -2.15. The SMILES string of the molecule is CCc1cc2c(=O)n(NC(=O)c3cc4c(s3)-c3ccccc3CC4)cnc2s1. The number of carbonyl (C=O) groups is 1. The van der Waals surface area contributed by atoms with Crippen LogP contribution in [0.2, 0.25) is 0 Å². The number of rotatable bonds is 3. The first-order chi connectivity index (χ1) is 13.6. The molecule has 0 fully saturated rings. The summed E-state index contributed by atoms with van der Waals surface area (Å²) in [7, 11) is 0. The van der Waals surface area contributed by atoms with E-state index in [9.17, 15) is 9.59 Å². The van der Waals surface area contributed by atoms with Gasteiger partial charge in [-0.25, -0.2) is 9.66 Å². The van der Waals surface area contributed by atoms with E-state index < -0.39 is 0 Å². The standard InChI is InChI=1S/C21H17N3O2S2/c1-2-14-10-16-20(27-14)22-11-24(21(16)26)23-19(25)17-9-13-8-7-12-5-3-4-6-15(12)18(13)28-17/h3-6,9-11H,2,7-8H2,1H3,(H,23,25). The molecule has 3 aromatic heterocycles. The summed E-state index contributed by atoms with van der Waals surface area (Å²) in [6.45, 7) is 2.04. The zero-order valence-corrected chi connectivity index (χ0v) is 16.8. The van der Waals surface area contributed by atoms with Crippen molar-refractivity contribution in [2.45, 2.75) is 26.2 Å². The Bertz CT molecular complexity index is 1280. The maximum Gasteiger partial charge on any atom is 0.280 e. The van der Waals surface area contributed by atoms with Crippen LogP contribution in [0.5, 0.6) is 0 Å².